The molecule has 0 aliphatic carbocycles. The second-order valence-electron chi connectivity index (χ2n) is 5.51. The molecular formula is C18H18N4O5. The molecule has 140 valence electrons. The zero-order valence-corrected chi connectivity index (χ0v) is 14.8. The van der Waals surface area contributed by atoms with Crippen LogP contribution in [0.15, 0.2) is 47.6 Å². The number of benzene rings is 2. The molecule has 9 nitrogen and oxygen atoms in total. The molecule has 0 radical (unpaired) electrons. The quantitative estimate of drug-likeness (QED) is 0.437. The lowest BCUT2D eigenvalue weighted by atomic mass is 10.1. The molecule has 2 aromatic carbocycles. The molecule has 0 aliphatic heterocycles. The molecule has 2 rings (SSSR count). The lowest BCUT2D eigenvalue weighted by Crippen LogP contribution is -2.34. The van der Waals surface area contributed by atoms with Crippen LogP contribution >= 0.6 is 0 Å². The van der Waals surface area contributed by atoms with E-state index in [0.29, 0.717) is 11.3 Å². The molecule has 0 bridgehead atoms. The van der Waals surface area contributed by atoms with Crippen LogP contribution in [0.25, 0.3) is 0 Å². The summed E-state index contributed by atoms with van der Waals surface area (Å²) in [4.78, 5) is 34.1. The van der Waals surface area contributed by atoms with E-state index >= 15 is 0 Å². The molecule has 0 aromatic heterocycles. The number of nitrogens with zero attached hydrogens (tertiary/aromatic N) is 2. The maximum atomic E-state index is 12.0. The van der Waals surface area contributed by atoms with E-state index in [1.807, 2.05) is 0 Å². The van der Waals surface area contributed by atoms with Gasteiger partial charge in [-0.05, 0) is 30.7 Å². The highest BCUT2D eigenvalue weighted by Crippen LogP contribution is 2.19. The fraction of sp³-hybridized carbons (Fsp3) is 0.167. The van der Waals surface area contributed by atoms with Crippen LogP contribution in [0.5, 0.6) is 5.75 Å². The first-order valence-electron chi connectivity index (χ1n) is 7.90. The smallest absolute Gasteiger partial charge is 0.273 e. The van der Waals surface area contributed by atoms with Crippen molar-refractivity contribution in [2.45, 2.75) is 6.92 Å². The summed E-state index contributed by atoms with van der Waals surface area (Å²) in [6, 6.07) is 11.2. The SMILES string of the molecule is COc1cccc(/C=N/NC(=O)CNC(=O)c2ccc(C)c([N+](=O)[O-])c2)c1. The molecular weight excluding hydrogens is 352 g/mol. The summed E-state index contributed by atoms with van der Waals surface area (Å²) in [5, 5.41) is 17.1. The van der Waals surface area contributed by atoms with Crippen molar-refractivity contribution >= 4 is 23.7 Å². The molecule has 9 heteroatoms. The number of hydrogen-bond donors (Lipinski definition) is 2. The van der Waals surface area contributed by atoms with Gasteiger partial charge in [-0.25, -0.2) is 5.43 Å². The number of methoxy groups -OCH3 is 1. The summed E-state index contributed by atoms with van der Waals surface area (Å²) in [6.45, 7) is 1.25. The van der Waals surface area contributed by atoms with Gasteiger partial charge in [0.15, 0.2) is 0 Å². The Morgan fingerprint density at radius 1 is 1.26 bits per heavy atom. The number of rotatable bonds is 7. The van der Waals surface area contributed by atoms with Crippen LogP contribution in [0.3, 0.4) is 0 Å². The van der Waals surface area contributed by atoms with Crippen LogP contribution in [0, 0.1) is 17.0 Å². The third-order valence-electron chi connectivity index (χ3n) is 3.57. The van der Waals surface area contributed by atoms with Crippen molar-refractivity contribution in [3.8, 4) is 5.75 Å². The van der Waals surface area contributed by atoms with E-state index in [0.717, 1.165) is 5.56 Å². The topological polar surface area (TPSA) is 123 Å². The molecule has 0 unspecified atom stereocenters. The fourth-order valence-corrected chi connectivity index (χ4v) is 2.15. The van der Waals surface area contributed by atoms with Crippen molar-refractivity contribution in [2.24, 2.45) is 5.10 Å². The normalized spacial score (nSPS) is 10.4. The Morgan fingerprint density at radius 3 is 2.74 bits per heavy atom. The summed E-state index contributed by atoms with van der Waals surface area (Å²) in [6.07, 6.45) is 1.44. The monoisotopic (exact) mass is 370 g/mol. The molecule has 2 aromatic rings. The maximum Gasteiger partial charge on any atom is 0.273 e. The number of hydrogen-bond acceptors (Lipinski definition) is 6. The molecule has 27 heavy (non-hydrogen) atoms. The summed E-state index contributed by atoms with van der Waals surface area (Å²) in [5.74, 6) is -0.473. The maximum absolute atomic E-state index is 12.0. The van der Waals surface area contributed by atoms with Crippen molar-refractivity contribution in [3.05, 3.63) is 69.3 Å². The predicted octanol–water partition coefficient (Wildman–Crippen LogP) is 1.79. The van der Waals surface area contributed by atoms with Crippen LogP contribution in [0.4, 0.5) is 5.69 Å². The first-order valence-corrected chi connectivity index (χ1v) is 7.90. The second-order valence-corrected chi connectivity index (χ2v) is 5.51. The average Bonchev–Trinajstić information content (AvgIpc) is 2.66. The number of carbonyl (C=O) groups excluding carboxylic acids is 2. The second kappa shape index (κ2) is 9.09. The first-order chi connectivity index (χ1) is 12.9. The third kappa shape index (κ3) is 5.63. The number of nitro benzene ring substituents is 1. The van der Waals surface area contributed by atoms with Crippen LogP contribution < -0.4 is 15.5 Å². The van der Waals surface area contributed by atoms with E-state index < -0.39 is 16.7 Å². The predicted molar refractivity (Wildman–Crippen MR) is 98.9 cm³/mol. The van der Waals surface area contributed by atoms with Crippen LogP contribution in [-0.4, -0.2) is 36.6 Å². The van der Waals surface area contributed by atoms with Crippen LogP contribution in [0.2, 0.25) is 0 Å². The molecule has 0 fully saturated rings. The number of aryl methyl sites for hydroxylation is 1. The van der Waals surface area contributed by atoms with Crippen molar-refractivity contribution < 1.29 is 19.2 Å². The van der Waals surface area contributed by atoms with Crippen molar-refractivity contribution in [1.29, 1.82) is 0 Å². The van der Waals surface area contributed by atoms with Crippen LogP contribution in [0.1, 0.15) is 21.5 Å². The molecule has 0 heterocycles. The Bertz CT molecular complexity index is 895. The van der Waals surface area contributed by atoms with E-state index in [1.54, 1.807) is 38.3 Å². The van der Waals surface area contributed by atoms with Gasteiger partial charge in [-0.2, -0.15) is 5.10 Å². The number of hydrazone groups is 1. The Labute approximate surface area is 155 Å². The summed E-state index contributed by atoms with van der Waals surface area (Å²) < 4.78 is 5.08. The Kier molecular flexibility index (Phi) is 6.59. The molecule has 2 amide bonds. The molecule has 2 N–H and O–H groups in total. The fourth-order valence-electron chi connectivity index (χ4n) is 2.15. The highest BCUT2D eigenvalue weighted by Gasteiger charge is 2.15. The average molecular weight is 370 g/mol. The molecule has 0 spiro atoms. The minimum atomic E-state index is -0.593. The van der Waals surface area contributed by atoms with E-state index in [-0.39, 0.29) is 17.8 Å². The Hall–Kier alpha value is -3.75. The van der Waals surface area contributed by atoms with E-state index in [2.05, 4.69) is 15.8 Å². The number of nitrogens with one attached hydrogen (secondary N) is 2. The largest absolute Gasteiger partial charge is 0.497 e. The van der Waals surface area contributed by atoms with Gasteiger partial charge in [-0.1, -0.05) is 18.2 Å². The Morgan fingerprint density at radius 2 is 2.04 bits per heavy atom. The highest BCUT2D eigenvalue weighted by atomic mass is 16.6. The lowest BCUT2D eigenvalue weighted by molar-refractivity contribution is -0.385. The summed E-state index contributed by atoms with van der Waals surface area (Å²) >= 11 is 0. The molecule has 0 saturated carbocycles. The minimum absolute atomic E-state index is 0.0972. The summed E-state index contributed by atoms with van der Waals surface area (Å²) in [7, 11) is 1.55. The summed E-state index contributed by atoms with van der Waals surface area (Å²) in [5.41, 5.74) is 3.39. The van der Waals surface area contributed by atoms with Crippen molar-refractivity contribution in [3.63, 3.8) is 0 Å². The highest BCUT2D eigenvalue weighted by molar-refractivity contribution is 5.97. The zero-order valence-electron chi connectivity index (χ0n) is 14.8. The zero-order chi connectivity index (χ0) is 19.8. The molecule has 0 atom stereocenters. The first kappa shape index (κ1) is 19.6. The number of nitro groups is 1. The standard InChI is InChI=1S/C18H18N4O5/c1-12-6-7-14(9-16(12)22(25)26)18(24)19-11-17(23)21-20-10-13-4-3-5-15(8-13)27-2/h3-10H,11H2,1-2H3,(H,19,24)(H,21,23)/b20-10+. The molecule has 0 aliphatic rings. The number of carbonyl (C=O) groups is 2. The van der Waals surface area contributed by atoms with Gasteiger partial charge in [0, 0.05) is 17.2 Å². The van der Waals surface area contributed by atoms with E-state index in [1.165, 1.54) is 24.4 Å². The van der Waals surface area contributed by atoms with E-state index in [9.17, 15) is 19.7 Å². The van der Waals surface area contributed by atoms with Gasteiger partial charge in [0.2, 0.25) is 0 Å². The van der Waals surface area contributed by atoms with Gasteiger partial charge < -0.3 is 10.1 Å². The van der Waals surface area contributed by atoms with Crippen molar-refractivity contribution in [1.82, 2.24) is 10.7 Å². The lowest BCUT2D eigenvalue weighted by Gasteiger charge is -2.05. The van der Waals surface area contributed by atoms with Crippen molar-refractivity contribution in [2.75, 3.05) is 13.7 Å². The minimum Gasteiger partial charge on any atom is -0.497 e. The van der Waals surface area contributed by atoms with Gasteiger partial charge in [0.05, 0.1) is 24.8 Å². The van der Waals surface area contributed by atoms with E-state index in [4.69, 9.17) is 4.74 Å². The number of ether oxygens (including phenoxy) is 1. The Balaban J connectivity index is 1.88. The van der Waals surface area contributed by atoms with Gasteiger partial charge in [-0.3, -0.25) is 19.7 Å². The van der Waals surface area contributed by atoms with Crippen LogP contribution in [-0.2, 0) is 4.79 Å². The van der Waals surface area contributed by atoms with Gasteiger partial charge in [0.25, 0.3) is 17.5 Å². The van der Waals surface area contributed by atoms with Gasteiger partial charge in [0.1, 0.15) is 5.75 Å². The van der Waals surface area contributed by atoms with Gasteiger partial charge in [-0.15, -0.1) is 0 Å². The van der Waals surface area contributed by atoms with Gasteiger partial charge >= 0.3 is 0 Å². The molecule has 0 saturated heterocycles. The third-order valence-corrected chi connectivity index (χ3v) is 3.57. The number of amides is 2.